The fourth-order valence-electron chi connectivity index (χ4n) is 4.41. The van der Waals surface area contributed by atoms with Gasteiger partial charge in [0.15, 0.2) is 0 Å². The van der Waals surface area contributed by atoms with Gasteiger partial charge in [-0.15, -0.1) is 0 Å². The second kappa shape index (κ2) is 10.6. The van der Waals surface area contributed by atoms with Gasteiger partial charge in [-0.1, -0.05) is 59.1 Å². The van der Waals surface area contributed by atoms with Crippen LogP contribution in [-0.4, -0.2) is 12.3 Å². The third-order valence-electron chi connectivity index (χ3n) is 6.07. The molecule has 0 saturated heterocycles. The van der Waals surface area contributed by atoms with Crippen LogP contribution in [0.1, 0.15) is 86.5 Å². The van der Waals surface area contributed by atoms with Crippen molar-refractivity contribution in [2.45, 2.75) is 98.8 Å². The van der Waals surface area contributed by atoms with Crippen LogP contribution < -0.4 is 0 Å². The highest BCUT2D eigenvalue weighted by Crippen LogP contribution is 2.45. The normalized spacial score (nSPS) is 37.8. The summed E-state index contributed by atoms with van der Waals surface area (Å²) in [7, 11) is 0. The molecular weight excluding hydrogens is 302 g/mol. The predicted octanol–water partition coefficient (Wildman–Crippen LogP) is 7.53. The van der Waals surface area contributed by atoms with E-state index in [-0.39, 0.29) is 11.8 Å². The molecule has 4 unspecified atom stereocenters. The van der Waals surface area contributed by atoms with E-state index in [9.17, 15) is 8.78 Å². The monoisotopic (exact) mass is 342 g/mol. The number of rotatable bonds is 4. The zero-order chi connectivity index (χ0) is 18.3. The Morgan fingerprint density at radius 1 is 0.958 bits per heavy atom. The van der Waals surface area contributed by atoms with Crippen molar-refractivity contribution in [3.8, 4) is 0 Å². The fraction of sp³-hybridized carbons (Fsp3) is 0.909. The van der Waals surface area contributed by atoms with Crippen molar-refractivity contribution < 1.29 is 8.78 Å². The summed E-state index contributed by atoms with van der Waals surface area (Å²) in [5.74, 6) is 1.55. The molecule has 2 fully saturated rings. The number of allylic oxidation sites excluding steroid dienone is 2. The van der Waals surface area contributed by atoms with Gasteiger partial charge in [-0.05, 0) is 62.7 Å². The van der Waals surface area contributed by atoms with Crippen molar-refractivity contribution in [3.63, 3.8) is 0 Å². The zero-order valence-electron chi connectivity index (χ0n) is 16.8. The lowest BCUT2D eigenvalue weighted by molar-refractivity contribution is -0.00123. The molecule has 4 atom stereocenters. The third-order valence-corrected chi connectivity index (χ3v) is 6.07. The topological polar surface area (TPSA) is 0 Å². The van der Waals surface area contributed by atoms with E-state index in [2.05, 4.69) is 26.8 Å². The Labute approximate surface area is 149 Å². The largest absolute Gasteiger partial charge is 0.244 e. The first-order chi connectivity index (χ1) is 11.4. The highest BCUT2D eigenvalue weighted by atomic mass is 19.2. The van der Waals surface area contributed by atoms with Crippen molar-refractivity contribution in [1.29, 1.82) is 0 Å². The van der Waals surface area contributed by atoms with E-state index < -0.39 is 12.3 Å². The maximum absolute atomic E-state index is 14.7. The molecule has 0 aromatic heterocycles. The van der Waals surface area contributed by atoms with Gasteiger partial charge in [0.25, 0.3) is 0 Å². The Balaban J connectivity index is 0.00000139. The molecule has 0 amide bonds. The van der Waals surface area contributed by atoms with Crippen LogP contribution in [0.25, 0.3) is 0 Å². The van der Waals surface area contributed by atoms with Crippen LogP contribution in [0.5, 0.6) is 0 Å². The Hall–Kier alpha value is -0.400. The predicted molar refractivity (Wildman–Crippen MR) is 102 cm³/mol. The van der Waals surface area contributed by atoms with Gasteiger partial charge < -0.3 is 0 Å². The first-order valence-corrected chi connectivity index (χ1v) is 10.3. The van der Waals surface area contributed by atoms with Crippen LogP contribution in [0.3, 0.4) is 0 Å². The van der Waals surface area contributed by atoms with Gasteiger partial charge in [-0.2, -0.15) is 0 Å². The average molecular weight is 343 g/mol. The maximum Gasteiger partial charge on any atom is 0.138 e. The number of hydrogen-bond donors (Lipinski definition) is 0. The molecule has 0 bridgehead atoms. The van der Waals surface area contributed by atoms with E-state index in [4.69, 9.17) is 0 Å². The summed E-state index contributed by atoms with van der Waals surface area (Å²) in [5, 5.41) is 0. The molecule has 0 aromatic rings. The Morgan fingerprint density at radius 3 is 2.08 bits per heavy atom. The fourth-order valence-corrected chi connectivity index (χ4v) is 4.41. The molecule has 2 saturated carbocycles. The smallest absolute Gasteiger partial charge is 0.138 e. The van der Waals surface area contributed by atoms with Crippen molar-refractivity contribution in [2.24, 2.45) is 29.6 Å². The second-order valence-electron chi connectivity index (χ2n) is 8.33. The van der Waals surface area contributed by atoms with E-state index in [0.29, 0.717) is 11.8 Å². The molecule has 142 valence electrons. The maximum atomic E-state index is 14.7. The number of hydrogen-bond acceptors (Lipinski definition) is 0. The molecule has 0 heterocycles. The highest BCUT2D eigenvalue weighted by Gasteiger charge is 2.44. The van der Waals surface area contributed by atoms with Crippen LogP contribution in [0, 0.1) is 29.6 Å². The lowest BCUT2D eigenvalue weighted by Gasteiger charge is -2.41. The molecule has 24 heavy (non-hydrogen) atoms. The lowest BCUT2D eigenvalue weighted by Crippen LogP contribution is -2.42. The SMILES string of the molecule is C/C(=C\CC(C)C)C1CCC(C2CCC(C)CC2)C(F)C1F.CC. The first-order valence-electron chi connectivity index (χ1n) is 10.3. The minimum atomic E-state index is -1.29. The van der Waals surface area contributed by atoms with Crippen molar-refractivity contribution in [2.75, 3.05) is 0 Å². The minimum Gasteiger partial charge on any atom is -0.244 e. The van der Waals surface area contributed by atoms with Crippen LogP contribution in [-0.2, 0) is 0 Å². The Bertz CT molecular complexity index is 366. The van der Waals surface area contributed by atoms with E-state index >= 15 is 0 Å². The second-order valence-corrected chi connectivity index (χ2v) is 8.33. The van der Waals surface area contributed by atoms with Gasteiger partial charge in [-0.3, -0.25) is 0 Å². The quantitative estimate of drug-likeness (QED) is 0.463. The van der Waals surface area contributed by atoms with E-state index in [1.165, 1.54) is 12.8 Å². The Morgan fingerprint density at radius 2 is 1.54 bits per heavy atom. The van der Waals surface area contributed by atoms with E-state index in [1.807, 2.05) is 20.8 Å². The third kappa shape index (κ3) is 5.85. The summed E-state index contributed by atoms with van der Waals surface area (Å²) in [6.45, 7) is 12.6. The summed E-state index contributed by atoms with van der Waals surface area (Å²) in [6.07, 6.45) is 6.87. The summed E-state index contributed by atoms with van der Waals surface area (Å²) < 4.78 is 29.4. The van der Waals surface area contributed by atoms with Gasteiger partial charge in [0.1, 0.15) is 12.3 Å². The molecule has 2 heteroatoms. The van der Waals surface area contributed by atoms with E-state index in [1.54, 1.807) is 0 Å². The first kappa shape index (κ1) is 21.6. The van der Waals surface area contributed by atoms with Crippen LogP contribution in [0.15, 0.2) is 11.6 Å². The lowest BCUT2D eigenvalue weighted by atomic mass is 9.67. The van der Waals surface area contributed by atoms with Crippen molar-refractivity contribution >= 4 is 0 Å². The van der Waals surface area contributed by atoms with Crippen molar-refractivity contribution in [3.05, 3.63) is 11.6 Å². The summed E-state index contributed by atoms with van der Waals surface area (Å²) >= 11 is 0. The summed E-state index contributed by atoms with van der Waals surface area (Å²) in [5.41, 5.74) is 1.07. The van der Waals surface area contributed by atoms with E-state index in [0.717, 1.165) is 43.6 Å². The highest BCUT2D eigenvalue weighted by molar-refractivity contribution is 5.10. The molecule has 0 N–H and O–H groups in total. The standard InChI is InChI=1S/C20H34F2.C2H6/c1-13(2)5-8-15(4)17-11-12-18(20(22)19(17)21)16-9-6-14(3)7-10-16;1-2/h8,13-14,16-20H,5-7,9-12H2,1-4H3;1-2H3/b15-8+;. The minimum absolute atomic E-state index is 0.0309. The molecule has 0 nitrogen and oxygen atoms in total. The molecule has 0 aliphatic heterocycles. The van der Waals surface area contributed by atoms with Crippen LogP contribution in [0.2, 0.25) is 0 Å². The zero-order valence-corrected chi connectivity index (χ0v) is 16.8. The Kier molecular flexibility index (Phi) is 9.52. The summed E-state index contributed by atoms with van der Waals surface area (Å²) in [4.78, 5) is 0. The van der Waals surface area contributed by atoms with Crippen LogP contribution >= 0.6 is 0 Å². The molecule has 0 radical (unpaired) electrons. The number of alkyl halides is 2. The molecule has 0 aromatic carbocycles. The summed E-state index contributed by atoms with van der Waals surface area (Å²) in [6, 6.07) is 0. The molecule has 0 spiro atoms. The van der Waals surface area contributed by atoms with Gasteiger partial charge in [0.2, 0.25) is 0 Å². The van der Waals surface area contributed by atoms with Crippen molar-refractivity contribution in [1.82, 2.24) is 0 Å². The molecular formula is C22H40F2. The van der Waals surface area contributed by atoms with Gasteiger partial charge in [-0.25, -0.2) is 8.78 Å². The van der Waals surface area contributed by atoms with Gasteiger partial charge >= 0.3 is 0 Å². The van der Waals surface area contributed by atoms with Crippen LogP contribution in [0.4, 0.5) is 8.78 Å². The van der Waals surface area contributed by atoms with Gasteiger partial charge in [0, 0.05) is 5.92 Å². The molecule has 2 rings (SSSR count). The van der Waals surface area contributed by atoms with Gasteiger partial charge in [0.05, 0.1) is 0 Å². The molecule has 2 aliphatic carbocycles. The molecule has 2 aliphatic rings. The average Bonchev–Trinajstić information content (AvgIpc) is 2.58. The number of halogens is 2.